The highest BCUT2D eigenvalue weighted by Gasteiger charge is 2.19. The molecule has 0 saturated heterocycles. The Bertz CT molecular complexity index is 553. The van der Waals surface area contributed by atoms with Gasteiger partial charge in [0.1, 0.15) is 12.6 Å². The first-order chi connectivity index (χ1) is 13.9. The smallest absolute Gasteiger partial charge is 0.216 e. The molecule has 1 heterocycles. The molecule has 8 nitrogen and oxygen atoms in total. The summed E-state index contributed by atoms with van der Waals surface area (Å²) >= 11 is 0. The monoisotopic (exact) mass is 412 g/mol. The van der Waals surface area contributed by atoms with Gasteiger partial charge in [-0.15, -0.1) is 0 Å². The Morgan fingerprint density at radius 3 is 2.31 bits per heavy atom. The Morgan fingerprint density at radius 2 is 1.72 bits per heavy atom. The Hall–Kier alpha value is -1.55. The molecule has 166 valence electrons. The number of hydrogen-bond donors (Lipinski definition) is 4. The van der Waals surface area contributed by atoms with Crippen LogP contribution in [0.3, 0.4) is 0 Å². The fourth-order valence-corrected chi connectivity index (χ4v) is 2.25. The third-order valence-electron chi connectivity index (χ3n) is 3.97. The summed E-state index contributed by atoms with van der Waals surface area (Å²) in [4.78, 5) is 4.48. The van der Waals surface area contributed by atoms with Crippen molar-refractivity contribution in [2.75, 3.05) is 39.6 Å². The highest BCUT2D eigenvalue weighted by Crippen LogP contribution is 2.12. The van der Waals surface area contributed by atoms with E-state index in [4.69, 9.17) is 35.3 Å². The van der Waals surface area contributed by atoms with Crippen LogP contribution in [0.15, 0.2) is 35.3 Å². The van der Waals surface area contributed by atoms with Gasteiger partial charge < -0.3 is 35.3 Å². The minimum absolute atomic E-state index is 0.0608. The number of aliphatic hydroxyl groups excluding tert-OH is 3. The first kappa shape index (κ1) is 25.5. The highest BCUT2D eigenvalue weighted by atomic mass is 16.5. The molecular formula is C21H36N2O6. The van der Waals surface area contributed by atoms with E-state index in [0.717, 1.165) is 5.56 Å². The second kappa shape index (κ2) is 15.3. The van der Waals surface area contributed by atoms with Crippen molar-refractivity contribution >= 4 is 5.90 Å². The van der Waals surface area contributed by atoms with Crippen molar-refractivity contribution in [2.24, 2.45) is 10.7 Å². The van der Waals surface area contributed by atoms with Crippen molar-refractivity contribution < 1.29 is 29.5 Å². The Balaban J connectivity index is 0.000000331. The molecule has 0 radical (unpaired) electrons. The summed E-state index contributed by atoms with van der Waals surface area (Å²) in [5.41, 5.74) is 6.36. The molecule has 4 atom stereocenters. The van der Waals surface area contributed by atoms with E-state index in [9.17, 15) is 0 Å². The zero-order valence-corrected chi connectivity index (χ0v) is 17.4. The van der Waals surface area contributed by atoms with Crippen molar-refractivity contribution in [2.45, 2.75) is 51.0 Å². The van der Waals surface area contributed by atoms with Crippen LogP contribution in [0.2, 0.25) is 0 Å². The molecule has 0 spiro atoms. The van der Waals surface area contributed by atoms with Gasteiger partial charge in [0.2, 0.25) is 5.90 Å². The summed E-state index contributed by atoms with van der Waals surface area (Å²) in [7, 11) is 0. The average molecular weight is 413 g/mol. The van der Waals surface area contributed by atoms with E-state index in [-0.39, 0.29) is 30.9 Å². The van der Waals surface area contributed by atoms with Gasteiger partial charge in [0.05, 0.1) is 38.1 Å². The van der Waals surface area contributed by atoms with Gasteiger partial charge in [-0.1, -0.05) is 18.2 Å². The largest absolute Gasteiger partial charge is 0.475 e. The van der Waals surface area contributed by atoms with Gasteiger partial charge in [-0.3, -0.25) is 0 Å². The van der Waals surface area contributed by atoms with E-state index in [2.05, 4.69) is 4.99 Å². The number of rotatable bonds is 12. The molecule has 1 aliphatic rings. The molecule has 1 aromatic rings. The predicted octanol–water partition coefficient (Wildman–Crippen LogP) is 0.713. The van der Waals surface area contributed by atoms with Crippen LogP contribution in [0.4, 0.5) is 0 Å². The number of benzene rings is 1. The Kier molecular flexibility index (Phi) is 13.5. The highest BCUT2D eigenvalue weighted by molar-refractivity contribution is 5.95. The maximum Gasteiger partial charge on any atom is 0.216 e. The van der Waals surface area contributed by atoms with E-state index in [1.54, 1.807) is 13.8 Å². The van der Waals surface area contributed by atoms with Gasteiger partial charge in [0.25, 0.3) is 0 Å². The number of ether oxygens (including phenoxy) is 3. The fourth-order valence-electron chi connectivity index (χ4n) is 2.25. The third kappa shape index (κ3) is 12.6. The minimum atomic E-state index is -0.333. The van der Waals surface area contributed by atoms with Crippen LogP contribution in [0.5, 0.6) is 0 Å². The summed E-state index contributed by atoms with van der Waals surface area (Å²) < 4.78 is 16.1. The lowest BCUT2D eigenvalue weighted by atomic mass is 10.2. The summed E-state index contributed by atoms with van der Waals surface area (Å²) in [6.45, 7) is 5.92. The van der Waals surface area contributed by atoms with Crippen LogP contribution < -0.4 is 5.73 Å². The summed E-state index contributed by atoms with van der Waals surface area (Å²) in [6.07, 6.45) is 0.620. The number of hydrogen-bond acceptors (Lipinski definition) is 8. The van der Waals surface area contributed by atoms with E-state index >= 15 is 0 Å². The lowest BCUT2D eigenvalue weighted by Crippen LogP contribution is -2.30. The molecule has 0 amide bonds. The van der Waals surface area contributed by atoms with Crippen LogP contribution in [0.1, 0.15) is 32.3 Å². The molecule has 0 bridgehead atoms. The molecule has 1 aliphatic heterocycles. The topological polar surface area (TPSA) is 127 Å². The second-order valence-corrected chi connectivity index (χ2v) is 7.13. The normalized spacial score (nSPS) is 18.8. The van der Waals surface area contributed by atoms with E-state index in [1.165, 1.54) is 0 Å². The predicted molar refractivity (Wildman–Crippen MR) is 112 cm³/mol. The number of aliphatic imine (C=N–C) groups is 1. The third-order valence-corrected chi connectivity index (χ3v) is 3.97. The molecule has 0 saturated carbocycles. The Morgan fingerprint density at radius 1 is 1.10 bits per heavy atom. The Labute approximate surface area is 173 Å². The molecule has 4 unspecified atom stereocenters. The summed E-state index contributed by atoms with van der Waals surface area (Å²) in [5.74, 6) is 0.694. The molecular weight excluding hydrogens is 376 g/mol. The van der Waals surface area contributed by atoms with Crippen LogP contribution in [0.25, 0.3) is 0 Å². The lowest BCUT2D eigenvalue weighted by molar-refractivity contribution is 0.0712. The molecule has 0 fully saturated rings. The lowest BCUT2D eigenvalue weighted by Gasteiger charge is -2.09. The average Bonchev–Trinajstić information content (AvgIpc) is 3.18. The maximum absolute atomic E-state index is 9.10. The number of nitrogens with two attached hydrogens (primary N) is 1. The second-order valence-electron chi connectivity index (χ2n) is 7.13. The van der Waals surface area contributed by atoms with Crippen molar-refractivity contribution in [3.8, 4) is 0 Å². The minimum Gasteiger partial charge on any atom is -0.475 e. The van der Waals surface area contributed by atoms with Gasteiger partial charge in [0, 0.05) is 18.8 Å². The number of aliphatic hydroxyl groups is 3. The summed E-state index contributed by atoms with van der Waals surface area (Å²) in [6, 6.07) is 9.63. The van der Waals surface area contributed by atoms with Crippen molar-refractivity contribution in [3.63, 3.8) is 0 Å². The van der Waals surface area contributed by atoms with Crippen molar-refractivity contribution in [1.82, 2.24) is 0 Å². The molecule has 0 aliphatic carbocycles. The standard InChI is InChI=1S/C14H19NO3.C7H17NO3/c1-11(16)7-8-17-9-13-10-18-14(15-13)12-5-3-2-4-6-12;1-6(10)2-3-11-5-7(8)4-9/h2-6,11,13,16H,7-10H2,1H3;6-7,9-10H,2-5,8H2,1H3. The van der Waals surface area contributed by atoms with Crippen molar-refractivity contribution in [1.29, 1.82) is 0 Å². The quantitative estimate of drug-likeness (QED) is 0.373. The zero-order chi connectivity index (χ0) is 21.5. The molecule has 29 heavy (non-hydrogen) atoms. The molecule has 2 rings (SSSR count). The van der Waals surface area contributed by atoms with Gasteiger partial charge in [-0.05, 0) is 38.8 Å². The fraction of sp³-hybridized carbons (Fsp3) is 0.667. The SMILES string of the molecule is CC(O)CCOCC(N)CO.CC(O)CCOCC1COC(c2ccccc2)=N1. The van der Waals surface area contributed by atoms with E-state index < -0.39 is 0 Å². The zero-order valence-electron chi connectivity index (χ0n) is 17.4. The maximum atomic E-state index is 9.10. The van der Waals surface area contributed by atoms with E-state index in [0.29, 0.717) is 51.8 Å². The van der Waals surface area contributed by atoms with Crippen molar-refractivity contribution in [3.05, 3.63) is 35.9 Å². The summed E-state index contributed by atoms with van der Waals surface area (Å²) in [5, 5.41) is 26.4. The van der Waals surface area contributed by atoms with Crippen LogP contribution in [-0.4, -0.2) is 85.2 Å². The molecule has 8 heteroatoms. The van der Waals surface area contributed by atoms with Gasteiger partial charge in [-0.25, -0.2) is 4.99 Å². The van der Waals surface area contributed by atoms with Gasteiger partial charge in [-0.2, -0.15) is 0 Å². The van der Waals surface area contributed by atoms with E-state index in [1.807, 2.05) is 30.3 Å². The first-order valence-corrected chi connectivity index (χ1v) is 10.1. The first-order valence-electron chi connectivity index (χ1n) is 10.1. The molecule has 5 N–H and O–H groups in total. The molecule has 0 aromatic heterocycles. The van der Waals surface area contributed by atoms with Gasteiger partial charge in [0.15, 0.2) is 0 Å². The molecule has 1 aromatic carbocycles. The number of nitrogens with zero attached hydrogens (tertiary/aromatic N) is 1. The van der Waals surface area contributed by atoms with Crippen LogP contribution >= 0.6 is 0 Å². The van der Waals surface area contributed by atoms with Gasteiger partial charge >= 0.3 is 0 Å². The van der Waals surface area contributed by atoms with Crippen LogP contribution in [-0.2, 0) is 14.2 Å². The van der Waals surface area contributed by atoms with Crippen LogP contribution in [0, 0.1) is 0 Å².